The maximum absolute atomic E-state index is 11.9. The Morgan fingerprint density at radius 1 is 1.04 bits per heavy atom. The number of carbonyl (C=O) groups excluding carboxylic acids is 2. The molecule has 1 aliphatic rings. The summed E-state index contributed by atoms with van der Waals surface area (Å²) in [7, 11) is 1.29. The highest BCUT2D eigenvalue weighted by Gasteiger charge is 2.43. The maximum atomic E-state index is 11.9. The zero-order chi connectivity index (χ0) is 16.4. The first-order valence-corrected chi connectivity index (χ1v) is 7.34. The monoisotopic (exact) mass is 311 g/mol. The number of hydrogen-bond donors (Lipinski definition) is 0. The van der Waals surface area contributed by atoms with Gasteiger partial charge < -0.3 is 9.47 Å². The molecule has 0 N–H and O–H groups in total. The number of carbonyl (C=O) groups is 2. The van der Waals surface area contributed by atoms with E-state index in [1.165, 1.54) is 12.0 Å². The molecule has 0 spiro atoms. The fraction of sp³-hybridized carbons (Fsp3) is 0.222. The summed E-state index contributed by atoms with van der Waals surface area (Å²) in [6.07, 6.45) is -1.34. The predicted molar refractivity (Wildman–Crippen MR) is 84.4 cm³/mol. The number of ether oxygens (including phenoxy) is 2. The third kappa shape index (κ3) is 2.77. The molecule has 5 heteroatoms. The number of cyclic esters (lactones) is 1. The molecule has 2 atom stereocenters. The second-order valence-electron chi connectivity index (χ2n) is 5.33. The first-order chi connectivity index (χ1) is 11.1. The molecule has 118 valence electrons. The molecule has 0 aliphatic carbocycles. The minimum Gasteiger partial charge on any atom is -0.453 e. The zero-order valence-electron chi connectivity index (χ0n) is 12.9. The second-order valence-corrected chi connectivity index (χ2v) is 5.33. The lowest BCUT2D eigenvalue weighted by Crippen LogP contribution is -2.37. The number of esters is 1. The minimum absolute atomic E-state index is 0.437. The van der Waals surface area contributed by atoms with Crippen LogP contribution >= 0.6 is 0 Å². The van der Waals surface area contributed by atoms with Crippen LogP contribution in [0.4, 0.5) is 4.79 Å². The van der Waals surface area contributed by atoms with E-state index in [1.54, 1.807) is 6.92 Å². The fourth-order valence-corrected chi connectivity index (χ4v) is 2.64. The van der Waals surface area contributed by atoms with Crippen molar-refractivity contribution in [1.29, 1.82) is 0 Å². The molecule has 1 amide bonds. The molecule has 0 aromatic heterocycles. The van der Waals surface area contributed by atoms with Gasteiger partial charge in [0.25, 0.3) is 0 Å². The van der Waals surface area contributed by atoms with Crippen molar-refractivity contribution >= 4 is 12.1 Å². The van der Waals surface area contributed by atoms with E-state index in [4.69, 9.17) is 9.47 Å². The molecule has 0 unspecified atom stereocenters. The van der Waals surface area contributed by atoms with E-state index >= 15 is 0 Å². The molecule has 0 bridgehead atoms. The number of hydrogen-bond acceptors (Lipinski definition) is 4. The predicted octanol–water partition coefficient (Wildman–Crippen LogP) is 3.37. The van der Waals surface area contributed by atoms with E-state index in [1.807, 2.05) is 54.6 Å². The van der Waals surface area contributed by atoms with Crippen LogP contribution < -0.4 is 0 Å². The zero-order valence-corrected chi connectivity index (χ0v) is 12.9. The van der Waals surface area contributed by atoms with Gasteiger partial charge in [-0.2, -0.15) is 0 Å². The summed E-state index contributed by atoms with van der Waals surface area (Å²) in [4.78, 5) is 25.0. The Labute approximate surface area is 134 Å². The van der Waals surface area contributed by atoms with Crippen molar-refractivity contribution in [2.75, 3.05) is 7.11 Å². The lowest BCUT2D eigenvalue weighted by Gasteiger charge is -2.23. The molecule has 3 rings (SSSR count). The number of rotatable bonds is 2. The largest absolute Gasteiger partial charge is 0.453 e. The smallest absolute Gasteiger partial charge is 0.413 e. The minimum atomic E-state index is -0.755. The molecule has 0 radical (unpaired) electrons. The van der Waals surface area contributed by atoms with Gasteiger partial charge in [0.2, 0.25) is 6.23 Å². The van der Waals surface area contributed by atoms with E-state index in [0.29, 0.717) is 0 Å². The van der Waals surface area contributed by atoms with Crippen molar-refractivity contribution in [3.63, 3.8) is 0 Å². The molecule has 23 heavy (non-hydrogen) atoms. The Kier molecular flexibility index (Phi) is 4.02. The van der Waals surface area contributed by atoms with Crippen LogP contribution in [0.15, 0.2) is 54.6 Å². The van der Waals surface area contributed by atoms with Crippen LogP contribution in [0.2, 0.25) is 0 Å². The molecule has 1 saturated heterocycles. The van der Waals surface area contributed by atoms with Gasteiger partial charge in [0.15, 0.2) is 0 Å². The number of methoxy groups -OCH3 is 1. The van der Waals surface area contributed by atoms with Crippen molar-refractivity contribution in [3.05, 3.63) is 60.2 Å². The van der Waals surface area contributed by atoms with Gasteiger partial charge in [-0.1, -0.05) is 54.6 Å². The van der Waals surface area contributed by atoms with Crippen LogP contribution in [0, 0.1) is 0 Å². The second kappa shape index (κ2) is 6.12. The van der Waals surface area contributed by atoms with Crippen LogP contribution in [-0.4, -0.2) is 30.1 Å². The van der Waals surface area contributed by atoms with Crippen molar-refractivity contribution in [3.8, 4) is 11.1 Å². The maximum Gasteiger partial charge on any atom is 0.413 e. The van der Waals surface area contributed by atoms with Crippen molar-refractivity contribution in [2.24, 2.45) is 0 Å². The molecule has 1 fully saturated rings. The van der Waals surface area contributed by atoms with Crippen molar-refractivity contribution in [2.45, 2.75) is 19.2 Å². The van der Waals surface area contributed by atoms with E-state index in [2.05, 4.69) is 0 Å². The standard InChI is InChI=1S/C18H17NO4/c1-12-17(20)23-16(19(12)18(21)22-2)15-10-8-14(9-11-15)13-6-4-3-5-7-13/h3-12,16H,1-2H3/t12-,16+/m0/s1. The molecular formula is C18H17NO4. The summed E-state index contributed by atoms with van der Waals surface area (Å²) >= 11 is 0. The van der Waals surface area contributed by atoms with E-state index < -0.39 is 24.3 Å². The van der Waals surface area contributed by atoms with Gasteiger partial charge >= 0.3 is 12.1 Å². The summed E-state index contributed by atoms with van der Waals surface area (Å²) in [5, 5.41) is 0. The normalized spacial score (nSPS) is 20.3. The summed E-state index contributed by atoms with van der Waals surface area (Å²) in [5.74, 6) is -0.437. The van der Waals surface area contributed by atoms with Gasteiger partial charge in [-0.15, -0.1) is 0 Å². The highest BCUT2D eigenvalue weighted by atomic mass is 16.6. The Bertz CT molecular complexity index is 712. The summed E-state index contributed by atoms with van der Waals surface area (Å²) in [5.41, 5.74) is 2.88. The Morgan fingerprint density at radius 2 is 1.65 bits per heavy atom. The average molecular weight is 311 g/mol. The van der Waals surface area contributed by atoms with Crippen LogP contribution in [0.1, 0.15) is 18.7 Å². The van der Waals surface area contributed by atoms with E-state index in [9.17, 15) is 9.59 Å². The first-order valence-electron chi connectivity index (χ1n) is 7.34. The van der Waals surface area contributed by atoms with Gasteiger partial charge in [-0.05, 0) is 18.1 Å². The van der Waals surface area contributed by atoms with Crippen LogP contribution in [0.5, 0.6) is 0 Å². The van der Waals surface area contributed by atoms with E-state index in [-0.39, 0.29) is 0 Å². The summed E-state index contributed by atoms with van der Waals surface area (Å²) in [6.45, 7) is 1.62. The third-order valence-electron chi connectivity index (χ3n) is 3.93. The number of amides is 1. The number of benzene rings is 2. The van der Waals surface area contributed by atoms with Gasteiger partial charge in [-0.25, -0.2) is 9.59 Å². The van der Waals surface area contributed by atoms with Gasteiger partial charge in [0.1, 0.15) is 6.04 Å². The average Bonchev–Trinajstić information content (AvgIpc) is 2.90. The van der Waals surface area contributed by atoms with Gasteiger partial charge in [-0.3, -0.25) is 4.90 Å². The molecule has 1 heterocycles. The first kappa shape index (κ1) is 15.1. The summed E-state index contributed by atoms with van der Waals surface area (Å²) < 4.78 is 10.1. The topological polar surface area (TPSA) is 55.8 Å². The lowest BCUT2D eigenvalue weighted by molar-refractivity contribution is -0.142. The molecule has 5 nitrogen and oxygen atoms in total. The Hall–Kier alpha value is -2.82. The fourth-order valence-electron chi connectivity index (χ4n) is 2.64. The third-order valence-corrected chi connectivity index (χ3v) is 3.93. The molecule has 1 aliphatic heterocycles. The van der Waals surface area contributed by atoms with Crippen LogP contribution in [0.25, 0.3) is 11.1 Å². The molecule has 2 aromatic carbocycles. The Balaban J connectivity index is 1.89. The number of nitrogens with zero attached hydrogens (tertiary/aromatic N) is 1. The molecule has 0 saturated carbocycles. The van der Waals surface area contributed by atoms with Crippen molar-refractivity contribution in [1.82, 2.24) is 4.90 Å². The van der Waals surface area contributed by atoms with Gasteiger partial charge in [0, 0.05) is 5.56 Å². The van der Waals surface area contributed by atoms with Crippen LogP contribution in [0.3, 0.4) is 0 Å². The molecular weight excluding hydrogens is 294 g/mol. The molecule has 2 aromatic rings. The Morgan fingerprint density at radius 3 is 2.26 bits per heavy atom. The quantitative estimate of drug-likeness (QED) is 0.798. The van der Waals surface area contributed by atoms with E-state index in [0.717, 1.165) is 16.7 Å². The lowest BCUT2D eigenvalue weighted by atomic mass is 10.0. The van der Waals surface area contributed by atoms with Crippen LogP contribution in [-0.2, 0) is 14.3 Å². The van der Waals surface area contributed by atoms with Crippen molar-refractivity contribution < 1.29 is 19.1 Å². The highest BCUT2D eigenvalue weighted by molar-refractivity contribution is 5.84. The SMILES string of the molecule is COC(=O)N1[C@@H](c2ccc(-c3ccccc3)cc2)OC(=O)[C@@H]1C. The highest BCUT2D eigenvalue weighted by Crippen LogP contribution is 2.33. The van der Waals surface area contributed by atoms with Gasteiger partial charge in [0.05, 0.1) is 7.11 Å². The summed E-state index contributed by atoms with van der Waals surface area (Å²) in [6, 6.07) is 16.9.